The second-order valence-corrected chi connectivity index (χ2v) is 13.3. The Balaban J connectivity index is 1.23. The van der Waals surface area contributed by atoms with E-state index in [2.05, 4.69) is 46.6 Å². The fourth-order valence-corrected chi connectivity index (χ4v) is 6.36. The van der Waals surface area contributed by atoms with Crippen molar-refractivity contribution in [1.82, 2.24) is 4.90 Å². The van der Waals surface area contributed by atoms with E-state index in [0.29, 0.717) is 46.3 Å². The van der Waals surface area contributed by atoms with Crippen LogP contribution in [0.5, 0.6) is 5.75 Å². The van der Waals surface area contributed by atoms with Gasteiger partial charge in [0, 0.05) is 37.9 Å². The third-order valence-corrected chi connectivity index (χ3v) is 9.31. The molecule has 0 aliphatic heterocycles. The van der Waals surface area contributed by atoms with Gasteiger partial charge in [0.25, 0.3) is 0 Å². The normalized spacial score (nSPS) is 11.9. The predicted octanol–water partition coefficient (Wildman–Crippen LogP) is 7.76. The molecule has 51 heavy (non-hydrogen) atoms. The number of para-hydroxylation sites is 1. The number of likely N-dealkylation sites (N-methyl/N-ethyl adjacent to an activating group) is 2. The summed E-state index contributed by atoms with van der Waals surface area (Å²) in [6.07, 6.45) is 1.77. The van der Waals surface area contributed by atoms with Crippen molar-refractivity contribution in [2.75, 3.05) is 44.4 Å². The molecule has 0 radical (unpaired) electrons. The summed E-state index contributed by atoms with van der Waals surface area (Å²) >= 11 is 0. The Morgan fingerprint density at radius 2 is 1.57 bits per heavy atom. The van der Waals surface area contributed by atoms with Gasteiger partial charge in [-0.05, 0) is 85.9 Å². The molecule has 1 unspecified atom stereocenters. The fourth-order valence-electron chi connectivity index (χ4n) is 6.36. The van der Waals surface area contributed by atoms with Gasteiger partial charge in [0.1, 0.15) is 16.9 Å². The van der Waals surface area contributed by atoms with Crippen LogP contribution in [0.4, 0.5) is 11.4 Å². The maximum absolute atomic E-state index is 14.1. The van der Waals surface area contributed by atoms with Gasteiger partial charge in [-0.15, -0.1) is 0 Å². The van der Waals surface area contributed by atoms with E-state index in [1.54, 1.807) is 24.3 Å². The number of rotatable bonds is 15. The molecule has 5 aromatic carbocycles. The molecule has 8 heteroatoms. The molecule has 0 bridgehead atoms. The van der Waals surface area contributed by atoms with Crippen LogP contribution in [0.1, 0.15) is 41.0 Å². The Kier molecular flexibility index (Phi) is 11.5. The van der Waals surface area contributed by atoms with Gasteiger partial charge in [-0.1, -0.05) is 78.9 Å². The third-order valence-electron chi connectivity index (χ3n) is 9.31. The number of ether oxygens (including phenoxy) is 1. The number of carbonyl (C=O) groups excluding carboxylic acids is 1. The zero-order valence-corrected chi connectivity index (χ0v) is 29.5. The number of carbonyl (C=O) groups is 1. The third kappa shape index (κ3) is 8.84. The van der Waals surface area contributed by atoms with Crippen LogP contribution in [0.15, 0.2) is 124 Å². The molecule has 0 amide bonds. The SMILES string of the molecule is CN(C)CCN(C)c1ccc(CO)c2oc3ccc(OC(=O)CC(CCc4ccccc4)c4ccc(CNc5ccccc5)cc4)cc3c(=O)c12. The lowest BCUT2D eigenvalue weighted by atomic mass is 9.89. The summed E-state index contributed by atoms with van der Waals surface area (Å²) in [5.74, 6) is -0.163. The molecule has 1 heterocycles. The number of aliphatic hydroxyl groups is 1. The van der Waals surface area contributed by atoms with Crippen LogP contribution in [-0.2, 0) is 24.4 Å². The minimum absolute atomic E-state index is 0.0690. The molecule has 262 valence electrons. The molecule has 0 aliphatic rings. The van der Waals surface area contributed by atoms with Gasteiger partial charge in [0.05, 0.1) is 29.5 Å². The number of nitrogens with one attached hydrogen (secondary N) is 1. The van der Waals surface area contributed by atoms with Gasteiger partial charge in [-0.2, -0.15) is 0 Å². The van der Waals surface area contributed by atoms with Crippen LogP contribution in [-0.4, -0.2) is 50.2 Å². The monoisotopic (exact) mass is 683 g/mol. The Labute approximate surface area is 298 Å². The van der Waals surface area contributed by atoms with Crippen molar-refractivity contribution < 1.29 is 19.1 Å². The zero-order chi connectivity index (χ0) is 35.7. The van der Waals surface area contributed by atoms with Crippen LogP contribution < -0.4 is 20.4 Å². The van der Waals surface area contributed by atoms with Crippen molar-refractivity contribution in [3.8, 4) is 5.75 Å². The van der Waals surface area contributed by atoms with Crippen molar-refractivity contribution in [3.63, 3.8) is 0 Å². The predicted molar refractivity (Wildman–Crippen MR) is 206 cm³/mol. The average Bonchev–Trinajstić information content (AvgIpc) is 3.15. The topological polar surface area (TPSA) is 95.2 Å². The molecular formula is C43H45N3O5. The van der Waals surface area contributed by atoms with E-state index in [1.807, 2.05) is 80.6 Å². The summed E-state index contributed by atoms with van der Waals surface area (Å²) in [7, 11) is 5.93. The second kappa shape index (κ2) is 16.5. The molecule has 8 nitrogen and oxygen atoms in total. The summed E-state index contributed by atoms with van der Waals surface area (Å²) in [5.41, 5.74) is 6.21. The van der Waals surface area contributed by atoms with Crippen LogP contribution in [0.25, 0.3) is 21.9 Å². The Bertz CT molecular complexity index is 2130. The molecular weight excluding hydrogens is 638 g/mol. The minimum Gasteiger partial charge on any atom is -0.455 e. The summed E-state index contributed by atoms with van der Waals surface area (Å²) in [5, 5.41) is 14.2. The van der Waals surface area contributed by atoms with Crippen molar-refractivity contribution in [1.29, 1.82) is 0 Å². The second-order valence-electron chi connectivity index (χ2n) is 13.3. The van der Waals surface area contributed by atoms with Crippen LogP contribution in [0.3, 0.4) is 0 Å². The van der Waals surface area contributed by atoms with Crippen molar-refractivity contribution in [2.45, 2.75) is 38.3 Å². The fraction of sp³-hybridized carbons (Fsp3) is 0.256. The lowest BCUT2D eigenvalue weighted by Crippen LogP contribution is -2.29. The number of hydrogen-bond acceptors (Lipinski definition) is 8. The van der Waals surface area contributed by atoms with E-state index in [1.165, 1.54) is 5.56 Å². The Hall–Kier alpha value is -5.44. The first-order valence-electron chi connectivity index (χ1n) is 17.4. The van der Waals surface area contributed by atoms with Crippen molar-refractivity contribution in [2.24, 2.45) is 0 Å². The lowest BCUT2D eigenvalue weighted by Gasteiger charge is -2.23. The summed E-state index contributed by atoms with van der Waals surface area (Å²) < 4.78 is 12.1. The molecule has 2 N–H and O–H groups in total. The van der Waals surface area contributed by atoms with Gasteiger partial charge in [-0.3, -0.25) is 9.59 Å². The maximum Gasteiger partial charge on any atom is 0.311 e. The number of aryl methyl sites for hydroxylation is 1. The van der Waals surface area contributed by atoms with E-state index in [4.69, 9.17) is 9.15 Å². The van der Waals surface area contributed by atoms with Crippen LogP contribution in [0.2, 0.25) is 0 Å². The van der Waals surface area contributed by atoms with E-state index < -0.39 is 0 Å². The molecule has 0 spiro atoms. The smallest absolute Gasteiger partial charge is 0.311 e. The van der Waals surface area contributed by atoms with Crippen LogP contribution in [0, 0.1) is 0 Å². The molecule has 6 aromatic rings. The van der Waals surface area contributed by atoms with E-state index in [0.717, 1.165) is 36.2 Å². The number of fused-ring (bicyclic) bond motifs is 2. The van der Waals surface area contributed by atoms with Crippen molar-refractivity contribution in [3.05, 3.63) is 148 Å². The highest BCUT2D eigenvalue weighted by molar-refractivity contribution is 5.99. The minimum atomic E-state index is -0.376. The van der Waals surface area contributed by atoms with Crippen LogP contribution >= 0.6 is 0 Å². The van der Waals surface area contributed by atoms with Gasteiger partial charge < -0.3 is 29.4 Å². The summed E-state index contributed by atoms with van der Waals surface area (Å²) in [4.78, 5) is 31.7. The highest BCUT2D eigenvalue weighted by Crippen LogP contribution is 2.32. The van der Waals surface area contributed by atoms with Gasteiger partial charge in [0.2, 0.25) is 5.43 Å². The molecule has 0 saturated carbocycles. The molecule has 1 atom stereocenters. The molecule has 0 aliphatic carbocycles. The van der Waals surface area contributed by atoms with E-state index >= 15 is 0 Å². The highest BCUT2D eigenvalue weighted by Gasteiger charge is 2.21. The van der Waals surface area contributed by atoms with E-state index in [9.17, 15) is 14.7 Å². The number of aliphatic hydroxyl groups excluding tert-OH is 1. The lowest BCUT2D eigenvalue weighted by molar-refractivity contribution is -0.134. The molecule has 6 rings (SSSR count). The maximum atomic E-state index is 14.1. The number of anilines is 2. The highest BCUT2D eigenvalue weighted by atomic mass is 16.5. The molecule has 0 saturated heterocycles. The first-order chi connectivity index (χ1) is 24.8. The molecule has 0 fully saturated rings. The standard InChI is InChI=1S/C43H45N3O5/c1-45(2)24-25-46(3)38-22-20-34(29-47)43-41(38)42(49)37-27-36(21-23-39(37)51-43)50-40(48)26-33(19-14-30-10-6-4-7-11-30)32-17-15-31(16-18-32)28-44-35-12-8-5-9-13-35/h4-13,15-18,20-23,27,33,44,47H,14,19,24-26,28-29H2,1-3H3. The first-order valence-corrected chi connectivity index (χ1v) is 17.4. The number of esters is 1. The first kappa shape index (κ1) is 35.4. The average molecular weight is 684 g/mol. The summed E-state index contributed by atoms with van der Waals surface area (Å²) in [6.45, 7) is 1.91. The molecule has 1 aromatic heterocycles. The van der Waals surface area contributed by atoms with Gasteiger partial charge >= 0.3 is 5.97 Å². The number of benzene rings is 5. The van der Waals surface area contributed by atoms with Gasteiger partial charge in [0.15, 0.2) is 0 Å². The van der Waals surface area contributed by atoms with Gasteiger partial charge in [-0.25, -0.2) is 0 Å². The van der Waals surface area contributed by atoms with Crippen molar-refractivity contribution >= 4 is 39.3 Å². The zero-order valence-electron chi connectivity index (χ0n) is 29.5. The Morgan fingerprint density at radius 1 is 0.843 bits per heavy atom. The largest absolute Gasteiger partial charge is 0.455 e. The Morgan fingerprint density at radius 3 is 2.27 bits per heavy atom. The number of hydrogen-bond donors (Lipinski definition) is 2. The summed E-state index contributed by atoms with van der Waals surface area (Å²) in [6, 6.07) is 37.3. The number of nitrogens with zero attached hydrogens (tertiary/aromatic N) is 2. The van der Waals surface area contributed by atoms with E-state index in [-0.39, 0.29) is 36.1 Å². The quantitative estimate of drug-likeness (QED) is 0.0645.